The molecule has 2 heterocycles. The molecule has 8 heteroatoms. The summed E-state index contributed by atoms with van der Waals surface area (Å²) >= 11 is 4.41. The van der Waals surface area contributed by atoms with Crippen LogP contribution in [0.15, 0.2) is 39.7 Å². The molecule has 0 bridgehead atoms. The summed E-state index contributed by atoms with van der Waals surface area (Å²) in [5.41, 5.74) is 3.09. The van der Waals surface area contributed by atoms with E-state index < -0.39 is 29.3 Å². The van der Waals surface area contributed by atoms with Crippen LogP contribution in [-0.2, 0) is 14.3 Å². The molecule has 0 N–H and O–H groups in total. The zero-order valence-electron chi connectivity index (χ0n) is 17.5. The number of carbonyl (C=O) groups is 3. The predicted molar refractivity (Wildman–Crippen MR) is 121 cm³/mol. The number of aryl methyl sites for hydroxylation is 1. The highest BCUT2D eigenvalue weighted by molar-refractivity contribution is 9.10. The van der Waals surface area contributed by atoms with Crippen molar-refractivity contribution in [3.63, 3.8) is 0 Å². The normalized spacial score (nSPS) is 15.9. The van der Waals surface area contributed by atoms with Crippen molar-refractivity contribution in [1.29, 1.82) is 0 Å². The summed E-state index contributed by atoms with van der Waals surface area (Å²) in [4.78, 5) is 38.3. The van der Waals surface area contributed by atoms with Crippen LogP contribution in [-0.4, -0.2) is 38.7 Å². The third-order valence-corrected chi connectivity index (χ3v) is 6.01. The largest absolute Gasteiger partial charge is 0.459 e. The molecule has 1 aliphatic heterocycles. The number of imide groups is 1. The van der Waals surface area contributed by atoms with Gasteiger partial charge in [0.25, 0.3) is 11.1 Å². The van der Waals surface area contributed by atoms with Gasteiger partial charge in [0.15, 0.2) is 0 Å². The van der Waals surface area contributed by atoms with E-state index in [4.69, 9.17) is 4.74 Å². The van der Waals surface area contributed by atoms with E-state index in [1.807, 2.05) is 44.2 Å². The first kappa shape index (κ1) is 22.4. The molecule has 0 spiro atoms. The molecule has 1 saturated heterocycles. The second-order valence-electron chi connectivity index (χ2n) is 7.97. The van der Waals surface area contributed by atoms with Gasteiger partial charge in [-0.25, -0.2) is 0 Å². The van der Waals surface area contributed by atoms with Gasteiger partial charge in [0.05, 0.1) is 10.6 Å². The van der Waals surface area contributed by atoms with Gasteiger partial charge in [0.1, 0.15) is 12.1 Å². The molecular weight excluding hydrogens is 468 g/mol. The van der Waals surface area contributed by atoms with E-state index in [0.29, 0.717) is 0 Å². The van der Waals surface area contributed by atoms with E-state index >= 15 is 0 Å². The number of thioether (sulfide) groups is 1. The van der Waals surface area contributed by atoms with Crippen molar-refractivity contribution >= 4 is 50.9 Å². The third-order valence-electron chi connectivity index (χ3n) is 4.43. The maximum absolute atomic E-state index is 12.7. The molecule has 1 aliphatic rings. The number of ether oxygens (including phenoxy) is 1. The Hall–Kier alpha value is -2.32. The van der Waals surface area contributed by atoms with Gasteiger partial charge in [-0.15, -0.1) is 0 Å². The summed E-state index contributed by atoms with van der Waals surface area (Å²) in [5, 5.41) is -0.475. The molecule has 0 saturated carbocycles. The average Bonchev–Trinajstić information content (AvgIpc) is 3.04. The fraction of sp³-hybridized carbons (Fsp3) is 0.318. The van der Waals surface area contributed by atoms with Gasteiger partial charge in [-0.05, 0) is 92.1 Å². The minimum Gasteiger partial charge on any atom is -0.459 e. The molecule has 1 fully saturated rings. The highest BCUT2D eigenvalue weighted by Crippen LogP contribution is 2.34. The lowest BCUT2D eigenvalue weighted by atomic mass is 10.2. The summed E-state index contributed by atoms with van der Waals surface area (Å²) in [7, 11) is 0. The van der Waals surface area contributed by atoms with Gasteiger partial charge in [-0.3, -0.25) is 19.3 Å². The molecular formula is C22H23BrN2O4S. The molecule has 0 radical (unpaired) electrons. The number of halogens is 1. The van der Waals surface area contributed by atoms with E-state index in [9.17, 15) is 14.4 Å². The minimum absolute atomic E-state index is 0.288. The lowest BCUT2D eigenvalue weighted by molar-refractivity contribution is -0.156. The Bertz CT molecular complexity index is 1070. The Morgan fingerprint density at radius 3 is 2.50 bits per heavy atom. The van der Waals surface area contributed by atoms with Crippen molar-refractivity contribution in [2.24, 2.45) is 0 Å². The zero-order valence-corrected chi connectivity index (χ0v) is 19.9. The number of nitrogens with zero attached hydrogens (tertiary/aromatic N) is 2. The van der Waals surface area contributed by atoms with Crippen molar-refractivity contribution in [3.8, 4) is 5.69 Å². The van der Waals surface area contributed by atoms with Gasteiger partial charge in [-0.1, -0.05) is 12.1 Å². The molecule has 1 aromatic carbocycles. The predicted octanol–water partition coefficient (Wildman–Crippen LogP) is 5.23. The number of esters is 1. The molecule has 158 valence electrons. The number of carbonyl (C=O) groups excluding carboxylic acids is 3. The Kier molecular flexibility index (Phi) is 6.29. The van der Waals surface area contributed by atoms with Crippen LogP contribution in [0.5, 0.6) is 0 Å². The maximum Gasteiger partial charge on any atom is 0.326 e. The number of hydrogen-bond donors (Lipinski definition) is 0. The van der Waals surface area contributed by atoms with E-state index in [0.717, 1.165) is 43.8 Å². The van der Waals surface area contributed by atoms with Gasteiger partial charge in [0.2, 0.25) is 0 Å². The van der Waals surface area contributed by atoms with Gasteiger partial charge >= 0.3 is 5.97 Å². The first-order valence-electron chi connectivity index (χ1n) is 9.39. The maximum atomic E-state index is 12.7. The van der Waals surface area contributed by atoms with E-state index in [-0.39, 0.29) is 4.91 Å². The highest BCUT2D eigenvalue weighted by atomic mass is 79.9. The van der Waals surface area contributed by atoms with Crippen LogP contribution in [0.2, 0.25) is 0 Å². The van der Waals surface area contributed by atoms with Crippen LogP contribution < -0.4 is 0 Å². The van der Waals surface area contributed by atoms with Crippen LogP contribution in [0.1, 0.15) is 37.7 Å². The molecule has 30 heavy (non-hydrogen) atoms. The summed E-state index contributed by atoms with van der Waals surface area (Å²) in [6.45, 7) is 8.76. The Morgan fingerprint density at radius 1 is 1.20 bits per heavy atom. The van der Waals surface area contributed by atoms with E-state index in [1.54, 1.807) is 26.8 Å². The van der Waals surface area contributed by atoms with Crippen LogP contribution >= 0.6 is 27.7 Å². The first-order chi connectivity index (χ1) is 14.0. The summed E-state index contributed by atoms with van der Waals surface area (Å²) < 4.78 is 8.27. The van der Waals surface area contributed by atoms with Crippen molar-refractivity contribution in [3.05, 3.63) is 56.7 Å². The summed E-state index contributed by atoms with van der Waals surface area (Å²) in [6.07, 6.45) is 1.70. The quantitative estimate of drug-likeness (QED) is 0.433. The summed E-state index contributed by atoms with van der Waals surface area (Å²) in [5.74, 6) is -1.10. The number of amides is 2. The van der Waals surface area contributed by atoms with Gasteiger partial charge in [-0.2, -0.15) is 0 Å². The van der Waals surface area contributed by atoms with Gasteiger partial charge < -0.3 is 9.30 Å². The van der Waals surface area contributed by atoms with Crippen LogP contribution in [0.4, 0.5) is 4.79 Å². The highest BCUT2D eigenvalue weighted by Gasteiger charge is 2.37. The van der Waals surface area contributed by atoms with Crippen LogP contribution in [0.3, 0.4) is 0 Å². The first-order valence-corrected chi connectivity index (χ1v) is 11.0. The van der Waals surface area contributed by atoms with Crippen molar-refractivity contribution in [1.82, 2.24) is 9.47 Å². The number of rotatable bonds is 4. The smallest absolute Gasteiger partial charge is 0.326 e. The van der Waals surface area contributed by atoms with E-state index in [2.05, 4.69) is 20.5 Å². The Labute approximate surface area is 188 Å². The molecule has 2 aromatic rings. The van der Waals surface area contributed by atoms with Crippen LogP contribution in [0.25, 0.3) is 11.8 Å². The molecule has 2 amide bonds. The number of para-hydroxylation sites is 1. The fourth-order valence-corrected chi connectivity index (χ4v) is 4.51. The number of hydrogen-bond acceptors (Lipinski definition) is 5. The van der Waals surface area contributed by atoms with Crippen molar-refractivity contribution < 1.29 is 19.1 Å². The van der Waals surface area contributed by atoms with Crippen molar-refractivity contribution in [2.45, 2.75) is 40.2 Å². The number of benzene rings is 1. The molecule has 1 aromatic heterocycles. The lowest BCUT2D eigenvalue weighted by Crippen LogP contribution is -2.37. The number of aromatic nitrogens is 1. The molecule has 3 rings (SSSR count). The standard InChI is InChI=1S/C22H23BrN2O4S/c1-13-10-15(14(2)25(13)17-9-7-6-8-16(17)23)11-18-20(27)24(21(28)30-18)12-19(26)29-22(3,4)5/h6-11H,12H2,1-5H3. The second-order valence-corrected chi connectivity index (χ2v) is 9.82. The second kappa shape index (κ2) is 8.43. The minimum atomic E-state index is -0.683. The van der Waals surface area contributed by atoms with E-state index in [1.165, 1.54) is 0 Å². The molecule has 0 aliphatic carbocycles. The molecule has 6 nitrogen and oxygen atoms in total. The average molecular weight is 491 g/mol. The van der Waals surface area contributed by atoms with Crippen LogP contribution in [0, 0.1) is 13.8 Å². The lowest BCUT2D eigenvalue weighted by Gasteiger charge is -2.21. The molecule has 0 unspecified atom stereocenters. The summed E-state index contributed by atoms with van der Waals surface area (Å²) in [6, 6.07) is 9.85. The monoisotopic (exact) mass is 490 g/mol. The Morgan fingerprint density at radius 2 is 1.87 bits per heavy atom. The topological polar surface area (TPSA) is 68.6 Å². The third kappa shape index (κ3) is 4.70. The fourth-order valence-electron chi connectivity index (χ4n) is 3.22. The SMILES string of the molecule is Cc1cc(C=C2SC(=O)N(CC(=O)OC(C)(C)C)C2=O)c(C)n1-c1ccccc1Br. The van der Waals surface area contributed by atoms with Gasteiger partial charge in [0, 0.05) is 15.9 Å². The molecule has 0 atom stereocenters. The zero-order chi connectivity index (χ0) is 22.2. The Balaban J connectivity index is 1.87. The van der Waals surface area contributed by atoms with Crippen molar-refractivity contribution in [2.75, 3.05) is 6.54 Å².